The van der Waals surface area contributed by atoms with Crippen LogP contribution in [0.2, 0.25) is 5.02 Å². The summed E-state index contributed by atoms with van der Waals surface area (Å²) in [6.07, 6.45) is 2.55. The van der Waals surface area contributed by atoms with E-state index in [4.69, 9.17) is 11.6 Å². The highest BCUT2D eigenvalue weighted by Gasteiger charge is 2.13. The molecule has 1 heterocycles. The smallest absolute Gasteiger partial charge is 0.215 e. The largest absolute Gasteiger partial charge is 0.361 e. The first-order valence-corrected chi connectivity index (χ1v) is 9.34. The molecule has 1 aromatic heterocycles. The average Bonchev–Trinajstić information content (AvgIpc) is 2.93. The third-order valence-corrected chi connectivity index (χ3v) is 5.40. The zero-order valence-electron chi connectivity index (χ0n) is 12.4. The van der Waals surface area contributed by atoms with Crippen LogP contribution in [0.1, 0.15) is 11.1 Å². The van der Waals surface area contributed by atoms with Gasteiger partial charge in [-0.3, -0.25) is 0 Å². The van der Waals surface area contributed by atoms with Crippen LogP contribution in [-0.4, -0.2) is 19.9 Å². The summed E-state index contributed by atoms with van der Waals surface area (Å²) in [6.45, 7) is 0.356. The molecule has 0 fully saturated rings. The zero-order chi connectivity index (χ0) is 16.3. The Hall–Kier alpha value is -1.82. The number of aromatic nitrogens is 1. The van der Waals surface area contributed by atoms with Gasteiger partial charge >= 0.3 is 0 Å². The van der Waals surface area contributed by atoms with Gasteiger partial charge in [0.2, 0.25) is 10.0 Å². The lowest BCUT2D eigenvalue weighted by Crippen LogP contribution is -2.27. The molecule has 0 amide bonds. The molecular formula is C17H17ClN2O2S. The number of nitrogens with one attached hydrogen (secondary N) is 2. The number of sulfonamides is 1. The summed E-state index contributed by atoms with van der Waals surface area (Å²) in [5.41, 5.74) is 2.76. The summed E-state index contributed by atoms with van der Waals surface area (Å²) in [7, 11) is -3.41. The number of para-hydroxylation sites is 1. The van der Waals surface area contributed by atoms with Gasteiger partial charge in [0.25, 0.3) is 0 Å². The van der Waals surface area contributed by atoms with Crippen molar-refractivity contribution < 1.29 is 8.42 Å². The monoisotopic (exact) mass is 348 g/mol. The highest BCUT2D eigenvalue weighted by atomic mass is 35.5. The molecule has 0 aliphatic heterocycles. The molecule has 3 rings (SSSR count). The minimum atomic E-state index is -3.41. The Morgan fingerprint density at radius 1 is 1.00 bits per heavy atom. The molecule has 0 radical (unpaired) electrons. The van der Waals surface area contributed by atoms with E-state index >= 15 is 0 Å². The summed E-state index contributed by atoms with van der Waals surface area (Å²) in [5, 5.41) is 1.59. The Morgan fingerprint density at radius 2 is 1.74 bits per heavy atom. The van der Waals surface area contributed by atoms with E-state index in [1.807, 2.05) is 30.5 Å². The maximum Gasteiger partial charge on any atom is 0.215 e. The molecule has 0 saturated carbocycles. The number of benzene rings is 2. The van der Waals surface area contributed by atoms with Crippen molar-refractivity contribution in [3.63, 3.8) is 0 Å². The molecule has 0 aliphatic rings. The average molecular weight is 349 g/mol. The van der Waals surface area contributed by atoms with Crippen molar-refractivity contribution in [3.05, 3.63) is 70.9 Å². The molecule has 4 nitrogen and oxygen atoms in total. The van der Waals surface area contributed by atoms with Crippen LogP contribution in [0.5, 0.6) is 0 Å². The van der Waals surface area contributed by atoms with Crippen molar-refractivity contribution in [3.8, 4) is 0 Å². The van der Waals surface area contributed by atoms with Crippen LogP contribution in [0.4, 0.5) is 0 Å². The molecular weight excluding hydrogens is 332 g/mol. The number of halogens is 1. The van der Waals surface area contributed by atoms with Crippen LogP contribution < -0.4 is 4.72 Å². The lowest BCUT2D eigenvalue weighted by atomic mass is 10.1. The van der Waals surface area contributed by atoms with Crippen molar-refractivity contribution in [2.75, 3.05) is 6.54 Å². The van der Waals surface area contributed by atoms with Gasteiger partial charge in [0.15, 0.2) is 0 Å². The van der Waals surface area contributed by atoms with Gasteiger partial charge in [0, 0.05) is 28.7 Å². The molecule has 6 heteroatoms. The fourth-order valence-electron chi connectivity index (χ4n) is 2.55. The number of H-pyrrole nitrogens is 1. The molecule has 0 atom stereocenters. The van der Waals surface area contributed by atoms with E-state index in [9.17, 15) is 8.42 Å². The van der Waals surface area contributed by atoms with E-state index in [0.717, 1.165) is 16.5 Å². The molecule has 0 spiro atoms. The molecule has 2 aromatic carbocycles. The van der Waals surface area contributed by atoms with Crippen molar-refractivity contribution in [2.45, 2.75) is 12.2 Å². The number of rotatable bonds is 6. The molecule has 0 bridgehead atoms. The number of hydrogen-bond acceptors (Lipinski definition) is 2. The molecule has 23 heavy (non-hydrogen) atoms. The van der Waals surface area contributed by atoms with Gasteiger partial charge in [-0.05, 0) is 29.7 Å². The van der Waals surface area contributed by atoms with E-state index in [2.05, 4.69) is 9.71 Å². The van der Waals surface area contributed by atoms with Gasteiger partial charge in [-0.2, -0.15) is 0 Å². The first kappa shape index (κ1) is 16.1. The quantitative estimate of drug-likeness (QED) is 0.716. The van der Waals surface area contributed by atoms with Gasteiger partial charge in [-0.15, -0.1) is 0 Å². The van der Waals surface area contributed by atoms with E-state index in [0.29, 0.717) is 23.6 Å². The molecule has 120 valence electrons. The lowest BCUT2D eigenvalue weighted by Gasteiger charge is -2.08. The van der Waals surface area contributed by atoms with Crippen molar-refractivity contribution >= 4 is 32.5 Å². The second-order valence-electron chi connectivity index (χ2n) is 5.35. The maximum absolute atomic E-state index is 12.2. The van der Waals surface area contributed by atoms with Crippen molar-refractivity contribution in [1.29, 1.82) is 0 Å². The Balaban J connectivity index is 1.62. The predicted molar refractivity (Wildman–Crippen MR) is 94.1 cm³/mol. The van der Waals surface area contributed by atoms with Crippen LogP contribution in [0.15, 0.2) is 54.7 Å². The van der Waals surface area contributed by atoms with Gasteiger partial charge in [-0.1, -0.05) is 48.0 Å². The fourth-order valence-corrected chi connectivity index (χ4v) is 4.01. The topological polar surface area (TPSA) is 62.0 Å². The summed E-state index contributed by atoms with van der Waals surface area (Å²) in [5.74, 6) is -0.111. The molecule has 2 N–H and O–H groups in total. The SMILES string of the molecule is O=S(=O)(Cc1ccccc1Cl)NCCc1c[nH]c2ccccc12. The van der Waals surface area contributed by atoms with Crippen LogP contribution >= 0.6 is 11.6 Å². The summed E-state index contributed by atoms with van der Waals surface area (Å²) < 4.78 is 27.0. The van der Waals surface area contributed by atoms with E-state index in [-0.39, 0.29) is 5.75 Å². The first-order valence-electron chi connectivity index (χ1n) is 7.31. The Bertz CT molecular complexity index is 919. The minimum absolute atomic E-state index is 0.111. The van der Waals surface area contributed by atoms with Crippen LogP contribution in [0, 0.1) is 0 Å². The summed E-state index contributed by atoms with van der Waals surface area (Å²) in [4.78, 5) is 3.19. The Kier molecular flexibility index (Phi) is 4.71. The maximum atomic E-state index is 12.2. The second-order valence-corrected chi connectivity index (χ2v) is 7.57. The highest BCUT2D eigenvalue weighted by molar-refractivity contribution is 7.88. The van der Waals surface area contributed by atoms with Gasteiger partial charge in [-0.25, -0.2) is 13.1 Å². The summed E-state index contributed by atoms with van der Waals surface area (Å²) in [6, 6.07) is 14.9. The van der Waals surface area contributed by atoms with E-state index < -0.39 is 10.0 Å². The molecule has 0 unspecified atom stereocenters. The Labute approximate surface area is 140 Å². The fraction of sp³-hybridized carbons (Fsp3) is 0.176. The van der Waals surface area contributed by atoms with Gasteiger partial charge < -0.3 is 4.98 Å². The minimum Gasteiger partial charge on any atom is -0.361 e. The number of fused-ring (bicyclic) bond motifs is 1. The van der Waals surface area contributed by atoms with Crippen LogP contribution in [0.3, 0.4) is 0 Å². The Morgan fingerprint density at radius 3 is 2.57 bits per heavy atom. The van der Waals surface area contributed by atoms with Gasteiger partial charge in [0.05, 0.1) is 5.75 Å². The van der Waals surface area contributed by atoms with E-state index in [1.165, 1.54) is 0 Å². The first-order chi connectivity index (χ1) is 11.1. The van der Waals surface area contributed by atoms with E-state index in [1.54, 1.807) is 24.3 Å². The van der Waals surface area contributed by atoms with Crippen LogP contribution in [-0.2, 0) is 22.2 Å². The molecule has 0 saturated heterocycles. The number of hydrogen-bond donors (Lipinski definition) is 2. The predicted octanol–water partition coefficient (Wildman–Crippen LogP) is 3.48. The van der Waals surface area contributed by atoms with Crippen LogP contribution in [0.25, 0.3) is 10.9 Å². The van der Waals surface area contributed by atoms with Crippen molar-refractivity contribution in [2.24, 2.45) is 0 Å². The second kappa shape index (κ2) is 6.74. The third-order valence-electron chi connectivity index (χ3n) is 3.69. The highest BCUT2D eigenvalue weighted by Crippen LogP contribution is 2.19. The van der Waals surface area contributed by atoms with Crippen molar-refractivity contribution in [1.82, 2.24) is 9.71 Å². The zero-order valence-corrected chi connectivity index (χ0v) is 14.0. The summed E-state index contributed by atoms with van der Waals surface area (Å²) >= 11 is 6.01. The standard InChI is InChI=1S/C17H17ClN2O2S/c18-16-7-3-1-5-14(16)12-23(21,22)20-10-9-13-11-19-17-8-4-2-6-15(13)17/h1-8,11,19-20H,9-10,12H2. The number of aromatic amines is 1. The third kappa shape index (κ3) is 3.93. The normalized spacial score (nSPS) is 11.9. The lowest BCUT2D eigenvalue weighted by molar-refractivity contribution is 0.581. The molecule has 3 aromatic rings. The molecule has 0 aliphatic carbocycles. The van der Waals surface area contributed by atoms with Gasteiger partial charge in [0.1, 0.15) is 0 Å².